The lowest BCUT2D eigenvalue weighted by atomic mass is 9.98. The van der Waals surface area contributed by atoms with Crippen molar-refractivity contribution in [2.24, 2.45) is 11.7 Å². The lowest BCUT2D eigenvalue weighted by molar-refractivity contribution is -0.124. The van der Waals surface area contributed by atoms with Crippen molar-refractivity contribution in [2.75, 3.05) is 18.5 Å². The maximum absolute atomic E-state index is 12.2. The molecule has 0 saturated carbocycles. The average molecular weight is 334 g/mol. The lowest BCUT2D eigenvalue weighted by Gasteiger charge is -2.17. The zero-order valence-corrected chi connectivity index (χ0v) is 15.0. The van der Waals surface area contributed by atoms with E-state index in [0.717, 1.165) is 31.2 Å². The van der Waals surface area contributed by atoms with Gasteiger partial charge in [-0.2, -0.15) is 0 Å². The third kappa shape index (κ3) is 5.49. The number of nitrogens with one attached hydrogen (secondary N) is 1. The Bertz CT molecular complexity index is 539. The van der Waals surface area contributed by atoms with Crippen LogP contribution in [0.3, 0.4) is 0 Å². The predicted molar refractivity (Wildman–Crippen MR) is 96.3 cm³/mol. The summed E-state index contributed by atoms with van der Waals surface area (Å²) in [7, 11) is 0. The Kier molecular flexibility index (Phi) is 7.06. The molecule has 1 aromatic carbocycles. The van der Waals surface area contributed by atoms with Crippen LogP contribution >= 0.6 is 0 Å². The molecule has 2 unspecified atom stereocenters. The highest BCUT2D eigenvalue weighted by Crippen LogP contribution is 2.28. The van der Waals surface area contributed by atoms with Crippen molar-refractivity contribution in [2.45, 2.75) is 58.6 Å². The van der Waals surface area contributed by atoms with Crippen LogP contribution in [-0.2, 0) is 16.0 Å². The third-order valence-corrected chi connectivity index (χ3v) is 4.10. The van der Waals surface area contributed by atoms with Gasteiger partial charge < -0.3 is 20.5 Å². The molecule has 5 heteroatoms. The van der Waals surface area contributed by atoms with Gasteiger partial charge in [0.2, 0.25) is 0 Å². The first-order valence-corrected chi connectivity index (χ1v) is 8.93. The number of nitrogens with two attached hydrogens (primary N) is 1. The van der Waals surface area contributed by atoms with E-state index < -0.39 is 0 Å². The Morgan fingerprint density at radius 3 is 2.88 bits per heavy atom. The molecule has 2 atom stereocenters. The number of ether oxygens (including phenoxy) is 2. The lowest BCUT2D eigenvalue weighted by Crippen LogP contribution is -2.27. The smallest absolute Gasteiger partial charge is 0.253 e. The van der Waals surface area contributed by atoms with Crippen LogP contribution in [0.15, 0.2) is 18.2 Å². The zero-order chi connectivity index (χ0) is 17.5. The third-order valence-electron chi connectivity index (χ3n) is 4.10. The summed E-state index contributed by atoms with van der Waals surface area (Å²) in [5.41, 5.74) is 8.02. The van der Waals surface area contributed by atoms with E-state index in [1.54, 1.807) is 0 Å². The fraction of sp³-hybridized carbons (Fsp3) is 0.632. The molecule has 0 radical (unpaired) electrons. The number of hydrogen-bond acceptors (Lipinski definition) is 4. The van der Waals surface area contributed by atoms with E-state index in [9.17, 15) is 4.79 Å². The topological polar surface area (TPSA) is 73.6 Å². The minimum Gasteiger partial charge on any atom is -0.492 e. The highest BCUT2D eigenvalue weighted by atomic mass is 16.5. The van der Waals surface area contributed by atoms with Crippen molar-refractivity contribution >= 4 is 11.6 Å². The second-order valence-electron chi connectivity index (χ2n) is 6.85. The fourth-order valence-electron chi connectivity index (χ4n) is 3.06. The first kappa shape index (κ1) is 18.7. The number of anilines is 1. The SMILES string of the molecule is CCOc1cc(CC(N)CC(C)C)ccc1NC(=O)C1CCCO1. The highest BCUT2D eigenvalue weighted by Gasteiger charge is 2.24. The molecule has 1 amide bonds. The summed E-state index contributed by atoms with van der Waals surface area (Å²) in [5, 5.41) is 2.93. The monoisotopic (exact) mass is 334 g/mol. The average Bonchev–Trinajstić information content (AvgIpc) is 3.03. The van der Waals surface area contributed by atoms with Crippen LogP contribution in [0.4, 0.5) is 5.69 Å². The first-order chi connectivity index (χ1) is 11.5. The van der Waals surface area contributed by atoms with Gasteiger partial charge in [0, 0.05) is 12.6 Å². The number of carbonyl (C=O) groups excluding carboxylic acids is 1. The van der Waals surface area contributed by atoms with E-state index in [0.29, 0.717) is 30.6 Å². The second-order valence-corrected chi connectivity index (χ2v) is 6.85. The number of amides is 1. The van der Waals surface area contributed by atoms with Crippen molar-refractivity contribution < 1.29 is 14.3 Å². The minimum absolute atomic E-state index is 0.0993. The van der Waals surface area contributed by atoms with Crippen LogP contribution in [0.1, 0.15) is 45.6 Å². The standard InChI is InChI=1S/C19H30N2O3/c1-4-23-18-12-14(11-15(20)10-13(2)3)7-8-16(18)21-19(22)17-6-5-9-24-17/h7-8,12-13,15,17H,4-6,9-11,20H2,1-3H3,(H,21,22). The van der Waals surface area contributed by atoms with Gasteiger partial charge in [-0.1, -0.05) is 19.9 Å². The Morgan fingerprint density at radius 2 is 2.25 bits per heavy atom. The summed E-state index contributed by atoms with van der Waals surface area (Å²) < 4.78 is 11.1. The molecule has 0 bridgehead atoms. The molecule has 1 aliphatic heterocycles. The molecule has 1 saturated heterocycles. The van der Waals surface area contributed by atoms with E-state index in [-0.39, 0.29) is 18.1 Å². The molecule has 24 heavy (non-hydrogen) atoms. The van der Waals surface area contributed by atoms with E-state index in [1.807, 2.05) is 25.1 Å². The molecule has 0 aromatic heterocycles. The molecule has 2 rings (SSSR count). The van der Waals surface area contributed by atoms with Crippen molar-refractivity contribution in [3.63, 3.8) is 0 Å². The molecular weight excluding hydrogens is 304 g/mol. The Balaban J connectivity index is 2.06. The Labute approximate surface area is 144 Å². The van der Waals surface area contributed by atoms with Crippen molar-refractivity contribution in [3.05, 3.63) is 23.8 Å². The normalized spacial score (nSPS) is 18.6. The summed E-state index contributed by atoms with van der Waals surface area (Å²) >= 11 is 0. The molecule has 1 fully saturated rings. The van der Waals surface area contributed by atoms with Crippen molar-refractivity contribution in [1.29, 1.82) is 0 Å². The van der Waals surface area contributed by atoms with Crippen molar-refractivity contribution in [1.82, 2.24) is 0 Å². The van der Waals surface area contributed by atoms with E-state index >= 15 is 0 Å². The number of benzene rings is 1. The molecule has 134 valence electrons. The molecule has 5 nitrogen and oxygen atoms in total. The maximum atomic E-state index is 12.2. The highest BCUT2D eigenvalue weighted by molar-refractivity contribution is 5.95. The van der Waals surface area contributed by atoms with Gasteiger partial charge in [0.1, 0.15) is 11.9 Å². The van der Waals surface area contributed by atoms with Crippen LogP contribution < -0.4 is 15.8 Å². The van der Waals surface area contributed by atoms with Gasteiger partial charge in [-0.05, 0) is 56.2 Å². The summed E-state index contributed by atoms with van der Waals surface area (Å²) in [6.45, 7) is 7.49. The van der Waals surface area contributed by atoms with Gasteiger partial charge in [0.05, 0.1) is 12.3 Å². The molecule has 0 aliphatic carbocycles. The number of hydrogen-bond donors (Lipinski definition) is 2. The summed E-state index contributed by atoms with van der Waals surface area (Å²) in [6, 6.07) is 6.02. The van der Waals surface area contributed by atoms with Gasteiger partial charge in [-0.15, -0.1) is 0 Å². The van der Waals surface area contributed by atoms with Crippen LogP contribution in [0, 0.1) is 5.92 Å². The fourth-order valence-corrected chi connectivity index (χ4v) is 3.06. The largest absolute Gasteiger partial charge is 0.492 e. The van der Waals surface area contributed by atoms with E-state index in [4.69, 9.17) is 15.2 Å². The molecular formula is C19H30N2O3. The summed E-state index contributed by atoms with van der Waals surface area (Å²) in [6.07, 6.45) is 3.15. The van der Waals surface area contributed by atoms with E-state index in [1.165, 1.54) is 0 Å². The van der Waals surface area contributed by atoms with Gasteiger partial charge in [-0.25, -0.2) is 0 Å². The van der Waals surface area contributed by atoms with Crippen molar-refractivity contribution in [3.8, 4) is 5.75 Å². The van der Waals surface area contributed by atoms with Gasteiger partial charge in [0.15, 0.2) is 0 Å². The summed E-state index contributed by atoms with van der Waals surface area (Å²) in [4.78, 5) is 12.2. The maximum Gasteiger partial charge on any atom is 0.253 e. The Hall–Kier alpha value is -1.59. The molecule has 1 aromatic rings. The molecule has 0 spiro atoms. The van der Waals surface area contributed by atoms with Gasteiger partial charge >= 0.3 is 0 Å². The van der Waals surface area contributed by atoms with Crippen LogP contribution in [-0.4, -0.2) is 31.3 Å². The Morgan fingerprint density at radius 1 is 1.46 bits per heavy atom. The van der Waals surface area contributed by atoms with E-state index in [2.05, 4.69) is 19.2 Å². The zero-order valence-electron chi connectivity index (χ0n) is 15.0. The molecule has 1 heterocycles. The second kappa shape index (κ2) is 9.04. The number of carbonyl (C=O) groups is 1. The first-order valence-electron chi connectivity index (χ1n) is 8.93. The van der Waals surface area contributed by atoms with Crippen LogP contribution in [0.25, 0.3) is 0 Å². The van der Waals surface area contributed by atoms with Gasteiger partial charge in [-0.3, -0.25) is 4.79 Å². The van der Waals surface area contributed by atoms with Crippen LogP contribution in [0.2, 0.25) is 0 Å². The quantitative estimate of drug-likeness (QED) is 0.766. The van der Waals surface area contributed by atoms with Crippen LogP contribution in [0.5, 0.6) is 5.75 Å². The van der Waals surface area contributed by atoms with Gasteiger partial charge in [0.25, 0.3) is 5.91 Å². The number of rotatable bonds is 8. The minimum atomic E-state index is -0.349. The summed E-state index contributed by atoms with van der Waals surface area (Å²) in [5.74, 6) is 1.17. The predicted octanol–water partition coefficient (Wildman–Crippen LogP) is 3.12. The molecule has 3 N–H and O–H groups in total. The molecule has 1 aliphatic rings.